The van der Waals surface area contributed by atoms with Gasteiger partial charge in [-0.1, -0.05) is 29.3 Å². The first-order chi connectivity index (χ1) is 13.4. The molecule has 0 saturated carbocycles. The molecule has 0 fully saturated rings. The van der Waals surface area contributed by atoms with E-state index in [1.165, 1.54) is 9.13 Å². The standard InChI is InChI=1S/C19H12Cl2F2N4O/c1-26-18-15(27(19(26)28)17-11(20)3-2-4-12(17)21)7-8-16(25-18)24-14-9-10(22)5-6-13(14)23/h2-9H,1H3,(H,24,25). The number of para-hydroxylation sites is 1. The van der Waals surface area contributed by atoms with E-state index in [1.807, 2.05) is 0 Å². The number of imidazole rings is 1. The van der Waals surface area contributed by atoms with Gasteiger partial charge in [0, 0.05) is 13.1 Å². The van der Waals surface area contributed by atoms with Gasteiger partial charge in [-0.15, -0.1) is 0 Å². The number of pyridine rings is 1. The van der Waals surface area contributed by atoms with E-state index in [9.17, 15) is 13.6 Å². The summed E-state index contributed by atoms with van der Waals surface area (Å²) in [7, 11) is 1.55. The van der Waals surface area contributed by atoms with Crippen LogP contribution in [-0.2, 0) is 7.05 Å². The number of hydrogen-bond acceptors (Lipinski definition) is 3. The van der Waals surface area contributed by atoms with Crippen LogP contribution in [0, 0.1) is 11.6 Å². The maximum Gasteiger partial charge on any atom is 0.334 e. The van der Waals surface area contributed by atoms with Crippen LogP contribution in [0.25, 0.3) is 16.9 Å². The van der Waals surface area contributed by atoms with Crippen molar-refractivity contribution in [2.45, 2.75) is 0 Å². The van der Waals surface area contributed by atoms with Crippen LogP contribution in [0.15, 0.2) is 53.3 Å². The lowest BCUT2D eigenvalue weighted by Gasteiger charge is -2.09. The van der Waals surface area contributed by atoms with Crippen LogP contribution < -0.4 is 11.0 Å². The predicted molar refractivity (Wildman–Crippen MR) is 106 cm³/mol. The van der Waals surface area contributed by atoms with E-state index in [0.29, 0.717) is 26.9 Å². The molecule has 4 rings (SSSR count). The fourth-order valence-electron chi connectivity index (χ4n) is 2.93. The second kappa shape index (κ2) is 6.92. The van der Waals surface area contributed by atoms with Crippen molar-refractivity contribution in [3.05, 3.63) is 80.7 Å². The fraction of sp³-hybridized carbons (Fsp3) is 0.0526. The van der Waals surface area contributed by atoms with E-state index in [-0.39, 0.29) is 11.5 Å². The zero-order valence-corrected chi connectivity index (χ0v) is 15.9. The third-order valence-corrected chi connectivity index (χ3v) is 4.85. The number of aryl methyl sites for hydroxylation is 1. The number of halogens is 4. The smallest absolute Gasteiger partial charge is 0.334 e. The molecular formula is C19H12Cl2F2N4O. The van der Waals surface area contributed by atoms with E-state index in [2.05, 4.69) is 10.3 Å². The summed E-state index contributed by atoms with van der Waals surface area (Å²) in [6, 6.07) is 11.2. The molecule has 142 valence electrons. The first kappa shape index (κ1) is 18.5. The van der Waals surface area contributed by atoms with Crippen molar-refractivity contribution in [2.24, 2.45) is 7.05 Å². The molecule has 0 aliphatic heterocycles. The molecule has 0 aliphatic rings. The molecule has 0 atom stereocenters. The second-order valence-corrected chi connectivity index (χ2v) is 6.85. The van der Waals surface area contributed by atoms with E-state index >= 15 is 0 Å². The Morgan fingerprint density at radius 3 is 2.46 bits per heavy atom. The SMILES string of the molecule is Cn1c(=O)n(-c2c(Cl)cccc2Cl)c2ccc(Nc3cc(F)ccc3F)nc21. The van der Waals surface area contributed by atoms with Gasteiger partial charge in [-0.25, -0.2) is 18.6 Å². The molecule has 5 nitrogen and oxygen atoms in total. The molecular weight excluding hydrogens is 409 g/mol. The third kappa shape index (κ3) is 3.02. The Kier molecular flexibility index (Phi) is 4.56. The van der Waals surface area contributed by atoms with Crippen molar-refractivity contribution in [1.29, 1.82) is 0 Å². The topological polar surface area (TPSA) is 51.9 Å². The summed E-state index contributed by atoms with van der Waals surface area (Å²) in [5.74, 6) is -0.968. The van der Waals surface area contributed by atoms with E-state index in [0.717, 1.165) is 18.2 Å². The van der Waals surface area contributed by atoms with Gasteiger partial charge in [-0.05, 0) is 36.4 Å². The van der Waals surface area contributed by atoms with Gasteiger partial charge in [0.05, 0.1) is 26.9 Å². The Morgan fingerprint density at radius 1 is 1.04 bits per heavy atom. The van der Waals surface area contributed by atoms with Crippen LogP contribution in [-0.4, -0.2) is 14.1 Å². The molecule has 0 amide bonds. The molecule has 2 aromatic carbocycles. The Balaban J connectivity index is 1.88. The van der Waals surface area contributed by atoms with Crippen molar-refractivity contribution in [3.63, 3.8) is 0 Å². The molecule has 9 heteroatoms. The first-order valence-corrected chi connectivity index (χ1v) is 8.87. The molecule has 0 spiro atoms. The molecule has 0 radical (unpaired) electrons. The largest absolute Gasteiger partial charge is 0.338 e. The van der Waals surface area contributed by atoms with Crippen molar-refractivity contribution >= 4 is 45.9 Å². The molecule has 0 saturated heterocycles. The fourth-order valence-corrected chi connectivity index (χ4v) is 3.49. The molecule has 28 heavy (non-hydrogen) atoms. The van der Waals surface area contributed by atoms with Crippen molar-refractivity contribution in [3.8, 4) is 5.69 Å². The molecule has 0 aliphatic carbocycles. The van der Waals surface area contributed by atoms with E-state index in [4.69, 9.17) is 23.2 Å². The summed E-state index contributed by atoms with van der Waals surface area (Å²) in [6.45, 7) is 0. The van der Waals surface area contributed by atoms with Crippen LogP contribution in [0.4, 0.5) is 20.3 Å². The van der Waals surface area contributed by atoms with Gasteiger partial charge < -0.3 is 5.32 Å². The molecule has 4 aromatic rings. The van der Waals surface area contributed by atoms with Crippen LogP contribution >= 0.6 is 23.2 Å². The number of hydrogen-bond donors (Lipinski definition) is 1. The number of aromatic nitrogens is 3. The summed E-state index contributed by atoms with van der Waals surface area (Å²) in [4.78, 5) is 17.2. The summed E-state index contributed by atoms with van der Waals surface area (Å²) >= 11 is 12.5. The van der Waals surface area contributed by atoms with Gasteiger partial charge in [0.2, 0.25) is 0 Å². The van der Waals surface area contributed by atoms with Crippen molar-refractivity contribution in [1.82, 2.24) is 14.1 Å². The lowest BCUT2D eigenvalue weighted by molar-refractivity contribution is 0.603. The predicted octanol–water partition coefficient (Wildman–Crippen LogP) is 5.05. The first-order valence-electron chi connectivity index (χ1n) is 8.12. The minimum atomic E-state index is -0.627. The minimum Gasteiger partial charge on any atom is -0.338 e. The van der Waals surface area contributed by atoms with Crippen LogP contribution in [0.2, 0.25) is 10.0 Å². The number of fused-ring (bicyclic) bond motifs is 1. The van der Waals surface area contributed by atoms with Crippen molar-refractivity contribution < 1.29 is 8.78 Å². The molecule has 0 unspecified atom stereocenters. The number of nitrogens with zero attached hydrogens (tertiary/aromatic N) is 3. The summed E-state index contributed by atoms with van der Waals surface area (Å²) in [5, 5.41) is 3.34. The second-order valence-electron chi connectivity index (χ2n) is 6.04. The third-order valence-electron chi connectivity index (χ3n) is 4.24. The zero-order chi connectivity index (χ0) is 20.0. The highest BCUT2D eigenvalue weighted by Gasteiger charge is 2.18. The van der Waals surface area contributed by atoms with Gasteiger partial charge in [0.15, 0.2) is 5.65 Å². The maximum atomic E-state index is 13.9. The van der Waals surface area contributed by atoms with Gasteiger partial charge in [0.25, 0.3) is 0 Å². The van der Waals surface area contributed by atoms with E-state index < -0.39 is 17.3 Å². The zero-order valence-electron chi connectivity index (χ0n) is 14.4. The Labute approximate surface area is 167 Å². The number of anilines is 2. The van der Waals surface area contributed by atoms with Gasteiger partial charge >= 0.3 is 5.69 Å². The molecule has 1 N–H and O–H groups in total. The van der Waals surface area contributed by atoms with Gasteiger partial charge in [-0.3, -0.25) is 9.13 Å². The summed E-state index contributed by atoms with van der Waals surface area (Å²) in [6.07, 6.45) is 0. The number of benzene rings is 2. The monoisotopic (exact) mass is 420 g/mol. The average molecular weight is 421 g/mol. The van der Waals surface area contributed by atoms with Crippen LogP contribution in [0.5, 0.6) is 0 Å². The normalized spacial score (nSPS) is 11.2. The molecule has 2 aromatic heterocycles. The Morgan fingerprint density at radius 2 is 1.75 bits per heavy atom. The summed E-state index contributed by atoms with van der Waals surface area (Å²) < 4.78 is 29.9. The molecule has 2 heterocycles. The minimum absolute atomic E-state index is 0.0644. The Bertz CT molecular complexity index is 1260. The highest BCUT2D eigenvalue weighted by atomic mass is 35.5. The van der Waals surface area contributed by atoms with E-state index in [1.54, 1.807) is 37.4 Å². The number of nitrogens with one attached hydrogen (secondary N) is 1. The van der Waals surface area contributed by atoms with Gasteiger partial charge in [0.1, 0.15) is 17.5 Å². The lowest BCUT2D eigenvalue weighted by atomic mass is 10.3. The van der Waals surface area contributed by atoms with Crippen LogP contribution in [0.3, 0.4) is 0 Å². The molecule has 0 bridgehead atoms. The van der Waals surface area contributed by atoms with Crippen molar-refractivity contribution in [2.75, 3.05) is 5.32 Å². The average Bonchev–Trinajstić information content (AvgIpc) is 2.90. The van der Waals surface area contributed by atoms with Crippen LogP contribution in [0.1, 0.15) is 0 Å². The quantitative estimate of drug-likeness (QED) is 0.504. The highest BCUT2D eigenvalue weighted by molar-refractivity contribution is 6.37. The number of rotatable bonds is 3. The Hall–Kier alpha value is -2.90. The lowest BCUT2D eigenvalue weighted by Crippen LogP contribution is -2.21. The maximum absolute atomic E-state index is 13.9. The highest BCUT2D eigenvalue weighted by Crippen LogP contribution is 2.30. The summed E-state index contributed by atoms with van der Waals surface area (Å²) in [5.41, 5.74) is 0.674. The van der Waals surface area contributed by atoms with Gasteiger partial charge in [-0.2, -0.15) is 0 Å².